The van der Waals surface area contributed by atoms with Crippen LogP contribution in [-0.2, 0) is 17.5 Å². The monoisotopic (exact) mass is 439 g/mol. The second-order valence-electron chi connectivity index (χ2n) is 6.71. The molecule has 0 fully saturated rings. The molecular formula is C22H16F3N5O2. The number of hydrogen-bond donors (Lipinski definition) is 1. The minimum absolute atomic E-state index is 0.0378. The van der Waals surface area contributed by atoms with Crippen LogP contribution in [0.25, 0.3) is 23.2 Å². The van der Waals surface area contributed by atoms with E-state index in [2.05, 4.69) is 20.8 Å². The molecule has 0 saturated heterocycles. The Morgan fingerprint density at radius 2 is 1.88 bits per heavy atom. The second-order valence-corrected chi connectivity index (χ2v) is 6.71. The van der Waals surface area contributed by atoms with Crippen molar-refractivity contribution in [3.05, 3.63) is 89.9 Å². The van der Waals surface area contributed by atoms with Crippen molar-refractivity contribution >= 4 is 17.7 Å². The average Bonchev–Trinajstić information content (AvgIpc) is 3.48. The second kappa shape index (κ2) is 8.88. The Bertz CT molecular complexity index is 1230. The Labute approximate surface area is 180 Å². The molecule has 0 aliphatic heterocycles. The number of aromatic nitrogens is 4. The topological polar surface area (TPSA) is 85.8 Å². The van der Waals surface area contributed by atoms with Crippen molar-refractivity contribution in [1.29, 1.82) is 0 Å². The van der Waals surface area contributed by atoms with Crippen molar-refractivity contribution in [3.63, 3.8) is 0 Å². The first-order valence-electron chi connectivity index (χ1n) is 9.45. The third-order valence-electron chi connectivity index (χ3n) is 4.49. The van der Waals surface area contributed by atoms with E-state index in [-0.39, 0.29) is 12.2 Å². The zero-order chi connectivity index (χ0) is 22.6. The first kappa shape index (κ1) is 21.0. The average molecular weight is 439 g/mol. The quantitative estimate of drug-likeness (QED) is 0.454. The number of amides is 1. The summed E-state index contributed by atoms with van der Waals surface area (Å²) in [4.78, 5) is 13.0. The van der Waals surface area contributed by atoms with Crippen LogP contribution < -0.4 is 5.32 Å². The maximum Gasteiger partial charge on any atom is 0.416 e. The van der Waals surface area contributed by atoms with E-state index in [1.165, 1.54) is 29.2 Å². The Morgan fingerprint density at radius 1 is 1.06 bits per heavy atom. The largest absolute Gasteiger partial charge is 0.465 e. The molecule has 0 saturated carbocycles. The van der Waals surface area contributed by atoms with E-state index >= 15 is 0 Å². The van der Waals surface area contributed by atoms with Crippen LogP contribution in [0.5, 0.6) is 0 Å². The summed E-state index contributed by atoms with van der Waals surface area (Å²) < 4.78 is 45.5. The van der Waals surface area contributed by atoms with Crippen molar-refractivity contribution in [2.75, 3.05) is 0 Å². The van der Waals surface area contributed by atoms with Crippen LogP contribution in [0.2, 0.25) is 0 Å². The van der Waals surface area contributed by atoms with Gasteiger partial charge in [-0.15, -0.1) is 5.10 Å². The molecule has 0 aliphatic rings. The van der Waals surface area contributed by atoms with Crippen molar-refractivity contribution in [1.82, 2.24) is 25.5 Å². The zero-order valence-electron chi connectivity index (χ0n) is 16.5. The maximum absolute atomic E-state index is 13.0. The Balaban J connectivity index is 1.63. The van der Waals surface area contributed by atoms with Crippen LogP contribution in [0.1, 0.15) is 16.9 Å². The Morgan fingerprint density at radius 3 is 2.59 bits per heavy atom. The van der Waals surface area contributed by atoms with Gasteiger partial charge >= 0.3 is 6.18 Å². The van der Waals surface area contributed by atoms with E-state index < -0.39 is 17.6 Å². The van der Waals surface area contributed by atoms with Gasteiger partial charge in [0, 0.05) is 18.2 Å². The van der Waals surface area contributed by atoms with Crippen LogP contribution in [-0.4, -0.2) is 26.1 Å². The minimum Gasteiger partial charge on any atom is -0.465 e. The molecule has 10 heteroatoms. The molecule has 0 radical (unpaired) electrons. The van der Waals surface area contributed by atoms with Gasteiger partial charge in [-0.1, -0.05) is 42.5 Å². The van der Waals surface area contributed by atoms with Crippen LogP contribution in [0.15, 0.2) is 77.4 Å². The summed E-state index contributed by atoms with van der Waals surface area (Å²) in [6, 6.07) is 17.1. The number of benzene rings is 2. The fourth-order valence-electron chi connectivity index (χ4n) is 2.98. The predicted octanol–water partition coefficient (Wildman–Crippen LogP) is 4.27. The standard InChI is InChI=1S/C22H16F3N5O2/c23-22(24,25)17-9-4-6-15(12-17)14-26-21(31)19(13-18-10-5-11-32-18)30-20(27-28-29-30)16-7-2-1-3-8-16/h1-13H,14H2,(H,26,31)/b19-13+. The van der Waals surface area contributed by atoms with Crippen LogP contribution in [0.4, 0.5) is 13.2 Å². The number of nitrogens with zero attached hydrogens (tertiary/aromatic N) is 4. The summed E-state index contributed by atoms with van der Waals surface area (Å²) >= 11 is 0. The van der Waals surface area contributed by atoms with Gasteiger partial charge in [0.05, 0.1) is 11.8 Å². The van der Waals surface area contributed by atoms with E-state index in [0.29, 0.717) is 22.7 Å². The molecule has 0 aliphatic carbocycles. The number of carbonyl (C=O) groups excluding carboxylic acids is 1. The molecule has 0 atom stereocenters. The van der Waals surface area contributed by atoms with Gasteiger partial charge in [0.2, 0.25) is 0 Å². The van der Waals surface area contributed by atoms with E-state index in [0.717, 1.165) is 12.1 Å². The van der Waals surface area contributed by atoms with Crippen molar-refractivity contribution < 1.29 is 22.4 Å². The number of nitrogens with one attached hydrogen (secondary N) is 1. The van der Waals surface area contributed by atoms with E-state index in [4.69, 9.17) is 4.42 Å². The molecule has 32 heavy (non-hydrogen) atoms. The van der Waals surface area contributed by atoms with Gasteiger partial charge in [-0.05, 0) is 40.3 Å². The highest BCUT2D eigenvalue weighted by atomic mass is 19.4. The molecule has 4 aromatic rings. The molecule has 0 unspecified atom stereocenters. The van der Waals surface area contributed by atoms with Gasteiger partial charge in [0.15, 0.2) is 5.82 Å². The van der Waals surface area contributed by atoms with Gasteiger partial charge in [-0.25, -0.2) is 0 Å². The van der Waals surface area contributed by atoms with Crippen LogP contribution in [0.3, 0.4) is 0 Å². The molecular weight excluding hydrogens is 423 g/mol. The fraction of sp³-hybridized carbons (Fsp3) is 0.0909. The first-order valence-corrected chi connectivity index (χ1v) is 9.45. The summed E-state index contributed by atoms with van der Waals surface area (Å²) in [5, 5.41) is 14.2. The SMILES string of the molecule is O=C(NCc1cccc(C(F)(F)F)c1)/C(=C\c1ccco1)n1nnnc1-c1ccccc1. The molecule has 0 bridgehead atoms. The third-order valence-corrected chi connectivity index (χ3v) is 4.49. The number of halogens is 3. The highest BCUT2D eigenvalue weighted by Gasteiger charge is 2.30. The number of hydrogen-bond acceptors (Lipinski definition) is 5. The van der Waals surface area contributed by atoms with E-state index in [1.54, 1.807) is 36.4 Å². The number of carbonyl (C=O) groups is 1. The van der Waals surface area contributed by atoms with Crippen molar-refractivity contribution in [2.45, 2.75) is 12.7 Å². The number of alkyl halides is 3. The molecule has 7 nitrogen and oxygen atoms in total. The van der Waals surface area contributed by atoms with E-state index in [1.807, 2.05) is 6.07 Å². The van der Waals surface area contributed by atoms with Crippen molar-refractivity contribution in [2.24, 2.45) is 0 Å². The predicted molar refractivity (Wildman–Crippen MR) is 109 cm³/mol. The van der Waals surface area contributed by atoms with Crippen LogP contribution in [0, 0.1) is 0 Å². The van der Waals surface area contributed by atoms with Gasteiger partial charge in [0.1, 0.15) is 11.5 Å². The summed E-state index contributed by atoms with van der Waals surface area (Å²) in [5.41, 5.74) is 0.220. The van der Waals surface area contributed by atoms with Gasteiger partial charge < -0.3 is 9.73 Å². The smallest absolute Gasteiger partial charge is 0.416 e. The van der Waals surface area contributed by atoms with E-state index in [9.17, 15) is 18.0 Å². The lowest BCUT2D eigenvalue weighted by atomic mass is 10.1. The molecule has 162 valence electrons. The zero-order valence-corrected chi connectivity index (χ0v) is 16.5. The Hall–Kier alpha value is -4.21. The minimum atomic E-state index is -4.47. The molecule has 2 aromatic carbocycles. The lowest BCUT2D eigenvalue weighted by Crippen LogP contribution is -2.27. The number of rotatable bonds is 6. The number of furan rings is 1. The highest BCUT2D eigenvalue weighted by molar-refractivity contribution is 6.18. The Kier molecular flexibility index (Phi) is 5.84. The molecule has 1 amide bonds. The fourth-order valence-corrected chi connectivity index (χ4v) is 2.98. The molecule has 4 rings (SSSR count). The van der Waals surface area contributed by atoms with Gasteiger partial charge in [-0.3, -0.25) is 4.79 Å². The lowest BCUT2D eigenvalue weighted by molar-refractivity contribution is -0.137. The van der Waals surface area contributed by atoms with Crippen molar-refractivity contribution in [3.8, 4) is 11.4 Å². The molecule has 0 spiro atoms. The molecule has 1 N–H and O–H groups in total. The molecule has 2 heterocycles. The van der Waals surface area contributed by atoms with Gasteiger partial charge in [-0.2, -0.15) is 17.9 Å². The van der Waals surface area contributed by atoms with Crippen LogP contribution >= 0.6 is 0 Å². The molecule has 2 aromatic heterocycles. The normalized spacial score (nSPS) is 12.0. The first-order chi connectivity index (χ1) is 15.4. The van der Waals surface area contributed by atoms with Gasteiger partial charge in [0.25, 0.3) is 5.91 Å². The summed E-state index contributed by atoms with van der Waals surface area (Å²) in [6.45, 7) is -0.124. The summed E-state index contributed by atoms with van der Waals surface area (Å²) in [5.74, 6) is 0.102. The lowest BCUT2D eigenvalue weighted by Gasteiger charge is -2.12. The summed E-state index contributed by atoms with van der Waals surface area (Å²) in [6.07, 6.45) is -1.58. The maximum atomic E-state index is 13.0. The third kappa shape index (κ3) is 4.75. The summed E-state index contributed by atoms with van der Waals surface area (Å²) in [7, 11) is 0. The highest BCUT2D eigenvalue weighted by Crippen LogP contribution is 2.29. The number of tetrazole rings is 1.